The highest BCUT2D eigenvalue weighted by Crippen LogP contribution is 2.17. The van der Waals surface area contributed by atoms with Gasteiger partial charge in [0.15, 0.2) is 0 Å². The fraction of sp³-hybridized carbons (Fsp3) is 0.714. The SMILES string of the molecule is c1coc(CSCCNC2CCCCCC2)c1. The molecule has 0 atom stereocenters. The van der Waals surface area contributed by atoms with E-state index in [1.54, 1.807) is 6.26 Å². The molecule has 1 aliphatic rings. The molecule has 2 rings (SSSR count). The largest absolute Gasteiger partial charge is 0.468 e. The van der Waals surface area contributed by atoms with Gasteiger partial charge in [-0.25, -0.2) is 0 Å². The number of nitrogens with one attached hydrogen (secondary N) is 1. The molecule has 1 fully saturated rings. The van der Waals surface area contributed by atoms with Gasteiger partial charge < -0.3 is 9.73 Å². The van der Waals surface area contributed by atoms with Gasteiger partial charge in [-0.05, 0) is 25.0 Å². The van der Waals surface area contributed by atoms with Crippen LogP contribution >= 0.6 is 11.8 Å². The van der Waals surface area contributed by atoms with Gasteiger partial charge in [-0.1, -0.05) is 25.7 Å². The Hall–Kier alpha value is -0.410. The molecule has 0 saturated heterocycles. The molecule has 3 heteroatoms. The van der Waals surface area contributed by atoms with Crippen molar-refractivity contribution in [3.8, 4) is 0 Å². The summed E-state index contributed by atoms with van der Waals surface area (Å²) in [6.07, 6.45) is 10.2. The van der Waals surface area contributed by atoms with Gasteiger partial charge in [-0.2, -0.15) is 11.8 Å². The van der Waals surface area contributed by atoms with Crippen molar-refractivity contribution in [2.45, 2.75) is 50.3 Å². The quantitative estimate of drug-likeness (QED) is 0.616. The van der Waals surface area contributed by atoms with Gasteiger partial charge >= 0.3 is 0 Å². The Morgan fingerprint density at radius 2 is 2.06 bits per heavy atom. The predicted molar refractivity (Wildman–Crippen MR) is 74.4 cm³/mol. The van der Waals surface area contributed by atoms with Crippen LogP contribution in [-0.2, 0) is 5.75 Å². The van der Waals surface area contributed by atoms with E-state index in [4.69, 9.17) is 4.42 Å². The Kier molecular flexibility index (Phi) is 6.00. The topological polar surface area (TPSA) is 25.2 Å². The van der Waals surface area contributed by atoms with Gasteiger partial charge in [0.05, 0.1) is 12.0 Å². The van der Waals surface area contributed by atoms with Gasteiger partial charge in [0.25, 0.3) is 0 Å². The molecule has 1 saturated carbocycles. The molecule has 0 radical (unpaired) electrons. The molecule has 2 nitrogen and oxygen atoms in total. The summed E-state index contributed by atoms with van der Waals surface area (Å²) in [6, 6.07) is 4.78. The Balaban J connectivity index is 1.50. The average molecular weight is 253 g/mol. The van der Waals surface area contributed by atoms with E-state index in [0.717, 1.165) is 24.1 Å². The molecular weight excluding hydrogens is 230 g/mol. The highest BCUT2D eigenvalue weighted by molar-refractivity contribution is 7.98. The van der Waals surface area contributed by atoms with Crippen molar-refractivity contribution in [3.05, 3.63) is 24.2 Å². The molecule has 96 valence electrons. The number of furan rings is 1. The van der Waals surface area contributed by atoms with Crippen LogP contribution in [0.1, 0.15) is 44.3 Å². The number of hydrogen-bond acceptors (Lipinski definition) is 3. The summed E-state index contributed by atoms with van der Waals surface area (Å²) in [5, 5.41) is 3.69. The maximum absolute atomic E-state index is 5.31. The van der Waals surface area contributed by atoms with Crippen LogP contribution in [0.25, 0.3) is 0 Å². The first-order valence-electron chi connectivity index (χ1n) is 6.78. The van der Waals surface area contributed by atoms with Crippen molar-refractivity contribution in [1.29, 1.82) is 0 Å². The molecule has 0 bridgehead atoms. The molecule has 1 aromatic rings. The zero-order chi connectivity index (χ0) is 11.8. The lowest BCUT2D eigenvalue weighted by Gasteiger charge is -2.15. The smallest absolute Gasteiger partial charge is 0.113 e. The standard InChI is InChI=1S/C14H23NOS/c1-2-4-7-13(6-3-1)15-9-11-17-12-14-8-5-10-16-14/h5,8,10,13,15H,1-4,6-7,9,11-12H2. The molecule has 0 unspecified atom stereocenters. The zero-order valence-corrected chi connectivity index (χ0v) is 11.3. The summed E-state index contributed by atoms with van der Waals surface area (Å²) >= 11 is 1.95. The second kappa shape index (κ2) is 7.83. The highest BCUT2D eigenvalue weighted by Gasteiger charge is 2.10. The van der Waals surface area contributed by atoms with Crippen molar-refractivity contribution in [1.82, 2.24) is 5.32 Å². The molecule has 0 amide bonds. The van der Waals surface area contributed by atoms with E-state index < -0.39 is 0 Å². The third-order valence-corrected chi connectivity index (χ3v) is 4.34. The molecule has 0 spiro atoms. The number of thioether (sulfide) groups is 1. The van der Waals surface area contributed by atoms with Crippen LogP contribution in [0.2, 0.25) is 0 Å². The molecule has 0 aromatic carbocycles. The lowest BCUT2D eigenvalue weighted by Crippen LogP contribution is -2.30. The van der Waals surface area contributed by atoms with Gasteiger partial charge in [-0.15, -0.1) is 0 Å². The molecule has 1 N–H and O–H groups in total. The monoisotopic (exact) mass is 253 g/mol. The minimum Gasteiger partial charge on any atom is -0.468 e. The third-order valence-electron chi connectivity index (χ3n) is 3.36. The van der Waals surface area contributed by atoms with E-state index >= 15 is 0 Å². The van der Waals surface area contributed by atoms with Crippen LogP contribution in [0.15, 0.2) is 22.8 Å². The minimum atomic E-state index is 0.779. The number of rotatable bonds is 6. The minimum absolute atomic E-state index is 0.779. The van der Waals surface area contributed by atoms with Crippen molar-refractivity contribution in [2.75, 3.05) is 12.3 Å². The Morgan fingerprint density at radius 1 is 1.24 bits per heavy atom. The zero-order valence-electron chi connectivity index (χ0n) is 10.5. The van der Waals surface area contributed by atoms with E-state index in [9.17, 15) is 0 Å². The van der Waals surface area contributed by atoms with Crippen LogP contribution in [0, 0.1) is 0 Å². The van der Waals surface area contributed by atoms with E-state index in [1.807, 2.05) is 23.9 Å². The normalized spacial score (nSPS) is 18.1. The molecular formula is C14H23NOS. The Morgan fingerprint density at radius 3 is 2.76 bits per heavy atom. The number of hydrogen-bond donors (Lipinski definition) is 1. The lowest BCUT2D eigenvalue weighted by atomic mass is 10.1. The summed E-state index contributed by atoms with van der Waals surface area (Å²) in [6.45, 7) is 1.13. The van der Waals surface area contributed by atoms with E-state index in [0.29, 0.717) is 0 Å². The first-order chi connectivity index (χ1) is 8.45. The van der Waals surface area contributed by atoms with E-state index in [-0.39, 0.29) is 0 Å². The first-order valence-corrected chi connectivity index (χ1v) is 7.94. The average Bonchev–Trinajstić information content (AvgIpc) is 2.72. The fourth-order valence-electron chi connectivity index (χ4n) is 2.39. The van der Waals surface area contributed by atoms with Gasteiger partial charge in [0.2, 0.25) is 0 Å². The second-order valence-corrected chi connectivity index (χ2v) is 5.88. The molecule has 1 aromatic heterocycles. The second-order valence-electron chi connectivity index (χ2n) is 4.77. The summed E-state index contributed by atoms with van der Waals surface area (Å²) in [7, 11) is 0. The van der Waals surface area contributed by atoms with Crippen LogP contribution in [0.4, 0.5) is 0 Å². The fourth-order valence-corrected chi connectivity index (χ4v) is 3.16. The third kappa shape index (κ3) is 5.17. The summed E-state index contributed by atoms with van der Waals surface area (Å²) in [5.41, 5.74) is 0. The van der Waals surface area contributed by atoms with Crippen molar-refractivity contribution in [2.24, 2.45) is 0 Å². The maximum atomic E-state index is 5.31. The Bertz CT molecular complexity index is 278. The lowest BCUT2D eigenvalue weighted by molar-refractivity contribution is 0.474. The van der Waals surface area contributed by atoms with Gasteiger partial charge in [0, 0.05) is 18.3 Å². The van der Waals surface area contributed by atoms with Crippen molar-refractivity contribution < 1.29 is 4.42 Å². The van der Waals surface area contributed by atoms with Crippen LogP contribution in [-0.4, -0.2) is 18.3 Å². The Labute approximate surface area is 109 Å². The van der Waals surface area contributed by atoms with Gasteiger partial charge in [0.1, 0.15) is 5.76 Å². The highest BCUT2D eigenvalue weighted by atomic mass is 32.2. The van der Waals surface area contributed by atoms with Crippen LogP contribution in [0.3, 0.4) is 0 Å². The molecule has 0 aliphatic heterocycles. The van der Waals surface area contributed by atoms with E-state index in [2.05, 4.69) is 5.32 Å². The van der Waals surface area contributed by atoms with Gasteiger partial charge in [-0.3, -0.25) is 0 Å². The van der Waals surface area contributed by atoms with Crippen molar-refractivity contribution >= 4 is 11.8 Å². The molecule has 1 aliphatic carbocycles. The summed E-state index contributed by atoms with van der Waals surface area (Å²) in [4.78, 5) is 0. The van der Waals surface area contributed by atoms with Crippen molar-refractivity contribution in [3.63, 3.8) is 0 Å². The van der Waals surface area contributed by atoms with Crippen LogP contribution in [0.5, 0.6) is 0 Å². The van der Waals surface area contributed by atoms with Crippen LogP contribution < -0.4 is 5.32 Å². The molecule has 17 heavy (non-hydrogen) atoms. The summed E-state index contributed by atoms with van der Waals surface area (Å²) < 4.78 is 5.31. The van der Waals surface area contributed by atoms with E-state index in [1.165, 1.54) is 44.3 Å². The summed E-state index contributed by atoms with van der Waals surface area (Å²) in [5.74, 6) is 3.26. The maximum Gasteiger partial charge on any atom is 0.113 e. The first kappa shape index (κ1) is 13.0. The predicted octanol–water partition coefficient (Wildman–Crippen LogP) is 3.83. The molecule has 1 heterocycles.